The fourth-order valence-electron chi connectivity index (χ4n) is 11.8. The third-order valence-corrected chi connectivity index (χ3v) is 13.4. The van der Waals surface area contributed by atoms with Crippen LogP contribution in [0, 0.1) is 50.7 Å². The van der Waals surface area contributed by atoms with Crippen LogP contribution in [-0.4, -0.2) is 47.1 Å². The highest BCUT2D eigenvalue weighted by molar-refractivity contribution is 5.72. The molecule has 34 heavy (non-hydrogen) atoms. The lowest BCUT2D eigenvalue weighted by molar-refractivity contribution is -0.182. The molecule has 6 rings (SSSR count). The first-order chi connectivity index (χ1) is 15.8. The molecular formula is C29H47NO4. The summed E-state index contributed by atoms with van der Waals surface area (Å²) in [5, 5.41) is 25.9. The normalized spacial score (nSPS) is 59.1. The summed E-state index contributed by atoms with van der Waals surface area (Å²) in [6.07, 6.45) is 8.40. The van der Waals surface area contributed by atoms with Crippen LogP contribution in [0.1, 0.15) is 92.9 Å². The van der Waals surface area contributed by atoms with Crippen LogP contribution in [0.2, 0.25) is 0 Å². The maximum absolute atomic E-state index is 12.1. The van der Waals surface area contributed by atoms with E-state index >= 15 is 0 Å². The summed E-state index contributed by atoms with van der Waals surface area (Å²) >= 11 is 0. The smallest absolute Gasteiger partial charge is 0.216 e. The van der Waals surface area contributed by atoms with Crippen LogP contribution in [0.4, 0.5) is 0 Å². The molecule has 2 spiro atoms. The van der Waals surface area contributed by atoms with Crippen LogP contribution in [-0.2, 0) is 9.53 Å². The van der Waals surface area contributed by atoms with Gasteiger partial charge in [-0.1, -0.05) is 34.6 Å². The van der Waals surface area contributed by atoms with Gasteiger partial charge in [-0.25, -0.2) is 0 Å². The number of amides is 1. The molecule has 0 bridgehead atoms. The Labute approximate surface area is 205 Å². The van der Waals surface area contributed by atoms with Gasteiger partial charge in [-0.15, -0.1) is 0 Å². The van der Waals surface area contributed by atoms with Gasteiger partial charge in [0.25, 0.3) is 0 Å². The second-order valence-corrected chi connectivity index (χ2v) is 14.6. The zero-order valence-electron chi connectivity index (χ0n) is 22.2. The Bertz CT molecular complexity index is 889. The molecule has 0 radical (unpaired) electrons. The minimum Gasteiger partial charge on any atom is -0.393 e. The number of ether oxygens (including phenoxy) is 1. The number of carbonyl (C=O) groups excluding carboxylic acids is 1. The van der Waals surface area contributed by atoms with Gasteiger partial charge in [-0.2, -0.15) is 0 Å². The zero-order valence-corrected chi connectivity index (χ0v) is 22.2. The van der Waals surface area contributed by atoms with Crippen molar-refractivity contribution in [2.24, 2.45) is 50.7 Å². The van der Waals surface area contributed by atoms with E-state index in [1.165, 1.54) is 38.5 Å². The minimum absolute atomic E-state index is 0.00872. The van der Waals surface area contributed by atoms with Crippen LogP contribution in [0.5, 0.6) is 0 Å². The van der Waals surface area contributed by atoms with Crippen molar-refractivity contribution in [3.8, 4) is 0 Å². The summed E-state index contributed by atoms with van der Waals surface area (Å²) in [7, 11) is 0. The molecule has 5 saturated carbocycles. The van der Waals surface area contributed by atoms with E-state index in [4.69, 9.17) is 4.74 Å². The summed E-state index contributed by atoms with van der Waals surface area (Å²) in [5.74, 6) is 1.96. The highest BCUT2D eigenvalue weighted by Crippen LogP contribution is 2.89. The molecule has 3 N–H and O–H groups in total. The lowest BCUT2D eigenvalue weighted by Crippen LogP contribution is -2.59. The predicted octanol–water partition coefficient (Wildman–Crippen LogP) is 4.30. The molecule has 3 unspecified atom stereocenters. The van der Waals surface area contributed by atoms with Crippen molar-refractivity contribution in [2.45, 2.75) is 117 Å². The van der Waals surface area contributed by atoms with E-state index in [0.717, 1.165) is 12.8 Å². The summed E-state index contributed by atoms with van der Waals surface area (Å²) in [6, 6.07) is 0. The Morgan fingerprint density at radius 2 is 1.68 bits per heavy atom. The van der Waals surface area contributed by atoms with E-state index in [1.807, 2.05) is 0 Å². The van der Waals surface area contributed by atoms with Crippen LogP contribution < -0.4 is 5.32 Å². The van der Waals surface area contributed by atoms with Gasteiger partial charge in [-0.3, -0.25) is 4.79 Å². The lowest BCUT2D eigenvalue weighted by atomic mass is 9.41. The standard InChI is InChI=1S/C29H47NO4/c1-16-13-18(14-30-17(2)31)34-23-22(16)26(5)11-12-29-15-28(29)10-9-21(32)25(3,4)19(28)7-8-20(29)27(26,6)24(23)33/h16,18-24,32-33H,7-15H2,1-6H3,(H,30,31)/t16-,18-,19?,20?,21+,22?,23+,24+,26-,27-,28-,29+/m1/s1. The van der Waals surface area contributed by atoms with Gasteiger partial charge in [0.05, 0.1) is 24.4 Å². The first-order valence-corrected chi connectivity index (χ1v) is 14.1. The molecule has 1 aliphatic heterocycles. The minimum atomic E-state index is -0.455. The maximum atomic E-state index is 12.1. The summed E-state index contributed by atoms with van der Waals surface area (Å²) in [5.41, 5.74) is 0.634. The van der Waals surface area contributed by atoms with Crippen molar-refractivity contribution in [2.75, 3.05) is 6.54 Å². The van der Waals surface area contributed by atoms with Gasteiger partial charge in [-0.05, 0) is 96.7 Å². The molecule has 192 valence electrons. The molecule has 0 aromatic rings. The monoisotopic (exact) mass is 473 g/mol. The highest BCUT2D eigenvalue weighted by Gasteiger charge is 2.84. The van der Waals surface area contributed by atoms with Crippen LogP contribution in [0.3, 0.4) is 0 Å². The SMILES string of the molecule is CC(=O)NC[C@H]1C[C@@H](C)C2[C@H](O1)[C@H](O)[C@@]1(C)C3CCC4C(C)(C)[C@@H](O)CC[C@@]45C[C@@]35CC[C@]21C. The average Bonchev–Trinajstić information content (AvgIpc) is 3.40. The number of aliphatic hydroxyl groups excluding tert-OH is 2. The molecule has 1 saturated heterocycles. The van der Waals surface area contributed by atoms with Gasteiger partial charge < -0.3 is 20.3 Å². The van der Waals surface area contributed by atoms with Gasteiger partial charge >= 0.3 is 0 Å². The highest BCUT2D eigenvalue weighted by atomic mass is 16.5. The summed E-state index contributed by atoms with van der Waals surface area (Å²) in [6.45, 7) is 14.0. The van der Waals surface area contributed by atoms with Gasteiger partial charge in [0.1, 0.15) is 0 Å². The molecule has 1 heterocycles. The fraction of sp³-hybridized carbons (Fsp3) is 0.966. The van der Waals surface area contributed by atoms with Crippen molar-refractivity contribution in [3.05, 3.63) is 0 Å². The maximum Gasteiger partial charge on any atom is 0.216 e. The quantitative estimate of drug-likeness (QED) is 0.559. The van der Waals surface area contributed by atoms with E-state index in [2.05, 4.69) is 39.9 Å². The van der Waals surface area contributed by atoms with E-state index in [0.29, 0.717) is 41.0 Å². The van der Waals surface area contributed by atoms with Gasteiger partial charge in [0.15, 0.2) is 0 Å². The molecule has 5 aliphatic carbocycles. The van der Waals surface area contributed by atoms with Gasteiger partial charge in [0, 0.05) is 18.9 Å². The largest absolute Gasteiger partial charge is 0.393 e. The first-order valence-electron chi connectivity index (χ1n) is 14.1. The van der Waals surface area contributed by atoms with Crippen molar-refractivity contribution in [1.82, 2.24) is 5.32 Å². The van der Waals surface area contributed by atoms with Crippen molar-refractivity contribution in [1.29, 1.82) is 0 Å². The molecule has 0 aromatic carbocycles. The Morgan fingerprint density at radius 1 is 1.00 bits per heavy atom. The van der Waals surface area contributed by atoms with E-state index in [9.17, 15) is 15.0 Å². The van der Waals surface area contributed by atoms with E-state index < -0.39 is 6.10 Å². The first kappa shape index (κ1) is 23.7. The number of nitrogens with one attached hydrogen (secondary N) is 1. The number of carbonyl (C=O) groups is 1. The Hall–Kier alpha value is -0.650. The molecule has 5 nitrogen and oxygen atoms in total. The number of aliphatic hydroxyl groups is 2. The van der Waals surface area contributed by atoms with Crippen LogP contribution in [0.25, 0.3) is 0 Å². The van der Waals surface area contributed by atoms with E-state index in [-0.39, 0.29) is 40.5 Å². The number of fused-ring (bicyclic) bond motifs is 4. The lowest BCUT2D eigenvalue weighted by Gasteiger charge is -2.63. The molecule has 6 aliphatic rings. The summed E-state index contributed by atoms with van der Waals surface area (Å²) in [4.78, 5) is 11.5. The second-order valence-electron chi connectivity index (χ2n) is 14.6. The average molecular weight is 474 g/mol. The van der Waals surface area contributed by atoms with Crippen molar-refractivity contribution in [3.63, 3.8) is 0 Å². The second kappa shape index (κ2) is 7.01. The van der Waals surface area contributed by atoms with Gasteiger partial charge in [0.2, 0.25) is 5.91 Å². The van der Waals surface area contributed by atoms with E-state index in [1.54, 1.807) is 6.92 Å². The number of hydrogen-bond acceptors (Lipinski definition) is 4. The molecule has 1 amide bonds. The summed E-state index contributed by atoms with van der Waals surface area (Å²) < 4.78 is 6.65. The Kier molecular flexibility index (Phi) is 4.89. The number of hydrogen-bond donors (Lipinski definition) is 3. The van der Waals surface area contributed by atoms with Crippen LogP contribution in [0.15, 0.2) is 0 Å². The van der Waals surface area contributed by atoms with Crippen molar-refractivity contribution < 1.29 is 19.7 Å². The molecule has 6 fully saturated rings. The fourth-order valence-corrected chi connectivity index (χ4v) is 11.8. The Morgan fingerprint density at radius 3 is 2.38 bits per heavy atom. The molecular weight excluding hydrogens is 426 g/mol. The topological polar surface area (TPSA) is 78.8 Å². The zero-order chi connectivity index (χ0) is 24.5. The third kappa shape index (κ3) is 2.55. The van der Waals surface area contributed by atoms with Crippen molar-refractivity contribution >= 4 is 5.91 Å². The molecule has 5 heteroatoms. The molecule has 12 atom stereocenters. The third-order valence-electron chi connectivity index (χ3n) is 13.4. The Balaban J connectivity index is 1.34. The predicted molar refractivity (Wildman–Crippen MR) is 131 cm³/mol. The molecule has 0 aromatic heterocycles. The number of rotatable bonds is 2. The van der Waals surface area contributed by atoms with Crippen LogP contribution >= 0.6 is 0 Å².